The minimum absolute atomic E-state index is 0.102. The summed E-state index contributed by atoms with van der Waals surface area (Å²) in [5.41, 5.74) is 7.34. The zero-order valence-electron chi connectivity index (χ0n) is 41.1. The average molecular weight is 1130 g/mol. The van der Waals surface area contributed by atoms with Crippen molar-refractivity contribution in [2.75, 3.05) is 63.9 Å². The minimum atomic E-state index is -0.820. The van der Waals surface area contributed by atoms with Crippen molar-refractivity contribution in [1.82, 2.24) is 55.0 Å². The van der Waals surface area contributed by atoms with Crippen LogP contribution in [0.1, 0.15) is 64.0 Å². The molecule has 1 unspecified atom stereocenters. The minimum Gasteiger partial charge on any atom is -0.367 e. The summed E-state index contributed by atoms with van der Waals surface area (Å²) in [4.78, 5) is 26.0. The van der Waals surface area contributed by atoms with Crippen LogP contribution in [0.5, 0.6) is 0 Å². The van der Waals surface area contributed by atoms with Gasteiger partial charge in [0.15, 0.2) is 0 Å². The molecule has 0 saturated carbocycles. The number of pyridine rings is 4. The number of aromatic amines is 1. The average Bonchev–Trinajstić information content (AvgIpc) is 4.08. The highest BCUT2D eigenvalue weighted by molar-refractivity contribution is 9.10. The molecule has 390 valence electrons. The summed E-state index contributed by atoms with van der Waals surface area (Å²) in [7, 11) is 0. The third-order valence-corrected chi connectivity index (χ3v) is 15.8. The number of anilines is 1. The van der Waals surface area contributed by atoms with E-state index in [1.165, 1.54) is 89.9 Å². The van der Waals surface area contributed by atoms with Gasteiger partial charge in [-0.25, -0.2) is 32.2 Å². The number of nitrogens with one attached hydrogen (secondary N) is 2. The van der Waals surface area contributed by atoms with Crippen molar-refractivity contribution >= 4 is 66.9 Å². The first-order valence-electron chi connectivity index (χ1n) is 25.7. The van der Waals surface area contributed by atoms with Crippen LogP contribution in [-0.4, -0.2) is 121 Å². The van der Waals surface area contributed by atoms with Crippen LogP contribution in [0, 0.1) is 23.3 Å². The number of hydrogen-bond donors (Lipinski definition) is 2. The second kappa shape index (κ2) is 22.9. The van der Waals surface area contributed by atoms with Crippen molar-refractivity contribution in [2.45, 2.75) is 76.1 Å². The highest BCUT2D eigenvalue weighted by Gasteiger charge is 2.33. The van der Waals surface area contributed by atoms with E-state index in [9.17, 15) is 17.6 Å². The predicted molar refractivity (Wildman–Crippen MR) is 289 cm³/mol. The molecule has 0 spiro atoms. The standard InChI is InChI=1S/C25H23ClF2N6.C22H16BrClF2N4O.C8H16N2/c26-19-9-17(20(27)10-21(19)28)25-18(12-30-32-25)22-4-5-23-24(31-22)8-15(11-29-23)34-13-16(14-34)33-6-2-1-3-7-33;23-12-7-20-19(27-10-12)5-4-18(28-20)14-11-30(21-3-1-2-6-31-21)29-22(14)13-8-15(24)17(26)9-16(13)25;1-2-4-10(5-3-1)8-6-9-7-8/h4-5,8-12,16H,1-3,6-7,13-14H2,(H,30,32);4-5,7-11,21H,1-3,6H2;8-9H,1-7H2. The lowest BCUT2D eigenvalue weighted by Crippen LogP contribution is -2.60. The fraction of sp³-hybridized carbons (Fsp3) is 0.382. The van der Waals surface area contributed by atoms with Crippen LogP contribution in [0.25, 0.3) is 67.1 Å². The molecule has 2 aromatic carbocycles. The fourth-order valence-corrected chi connectivity index (χ4v) is 11.1. The molecule has 8 aromatic rings. The van der Waals surface area contributed by atoms with Gasteiger partial charge in [0.1, 0.15) is 35.2 Å². The topological polar surface area (TPSA) is 129 Å². The molecule has 6 aromatic heterocycles. The second-order valence-electron chi connectivity index (χ2n) is 19.7. The maximum absolute atomic E-state index is 14.8. The molecule has 5 saturated heterocycles. The molecular formula is C55H55BrCl2F4N12O. The SMILES string of the molecule is C1CCN(C2CNC2)CC1.Fc1cc(F)c(-c2[nH]ncc2-c2ccc3ncc(N4CC(N5CCCCC5)C4)cc3n2)cc1Cl.Fc1cc(F)c(-c2nn(C3CCCCO3)cc2-c2ccc3ncc(Br)cc3n2)cc1Cl. The van der Waals surface area contributed by atoms with Gasteiger partial charge in [0.25, 0.3) is 0 Å². The van der Waals surface area contributed by atoms with E-state index < -0.39 is 23.3 Å². The van der Waals surface area contributed by atoms with Gasteiger partial charge in [-0.15, -0.1) is 0 Å². The summed E-state index contributed by atoms with van der Waals surface area (Å²) >= 11 is 15.3. The van der Waals surface area contributed by atoms with Gasteiger partial charge in [-0.1, -0.05) is 36.0 Å². The number of fused-ring (bicyclic) bond motifs is 2. The van der Waals surface area contributed by atoms with Crippen molar-refractivity contribution in [3.63, 3.8) is 0 Å². The van der Waals surface area contributed by atoms with E-state index >= 15 is 0 Å². The number of hydrogen-bond acceptors (Lipinski definition) is 11. The largest absolute Gasteiger partial charge is 0.367 e. The molecule has 20 heteroatoms. The molecule has 5 aliphatic rings. The number of rotatable bonds is 8. The summed E-state index contributed by atoms with van der Waals surface area (Å²) in [6.07, 6.45) is 17.8. The Morgan fingerprint density at radius 2 is 1.21 bits per heavy atom. The second-order valence-corrected chi connectivity index (χ2v) is 21.5. The van der Waals surface area contributed by atoms with Crippen molar-refractivity contribution in [3.8, 4) is 45.0 Å². The number of likely N-dealkylation sites (tertiary alicyclic amines) is 2. The lowest BCUT2D eigenvalue weighted by atomic mass is 10.0. The van der Waals surface area contributed by atoms with Gasteiger partial charge in [-0.3, -0.25) is 24.9 Å². The molecule has 5 aliphatic heterocycles. The van der Waals surface area contributed by atoms with E-state index in [1.807, 2.05) is 36.5 Å². The van der Waals surface area contributed by atoms with Gasteiger partial charge in [0.2, 0.25) is 0 Å². The van der Waals surface area contributed by atoms with Crippen LogP contribution >= 0.6 is 39.1 Å². The van der Waals surface area contributed by atoms with E-state index in [0.717, 1.165) is 77.2 Å². The van der Waals surface area contributed by atoms with Crippen LogP contribution in [-0.2, 0) is 4.74 Å². The van der Waals surface area contributed by atoms with Crippen LogP contribution in [0.3, 0.4) is 0 Å². The van der Waals surface area contributed by atoms with Crippen molar-refractivity contribution < 1.29 is 22.3 Å². The maximum Gasteiger partial charge on any atom is 0.150 e. The smallest absolute Gasteiger partial charge is 0.150 e. The first-order chi connectivity index (χ1) is 36.5. The number of piperidine rings is 2. The molecular weight excluding hydrogens is 1070 g/mol. The van der Waals surface area contributed by atoms with Crippen molar-refractivity contribution in [3.05, 3.63) is 123 Å². The van der Waals surface area contributed by atoms with Crippen LogP contribution < -0.4 is 10.2 Å². The monoisotopic (exact) mass is 1120 g/mol. The molecule has 13 nitrogen and oxygen atoms in total. The third-order valence-electron chi connectivity index (χ3n) is 14.7. The summed E-state index contributed by atoms with van der Waals surface area (Å²) in [6, 6.07) is 16.8. The summed E-state index contributed by atoms with van der Waals surface area (Å²) in [5.74, 6) is -3.10. The number of nitrogens with zero attached hydrogens (tertiary/aromatic N) is 10. The van der Waals surface area contributed by atoms with E-state index in [4.69, 9.17) is 37.9 Å². The first kappa shape index (κ1) is 51.5. The van der Waals surface area contributed by atoms with Crippen molar-refractivity contribution in [1.29, 1.82) is 0 Å². The quantitative estimate of drug-likeness (QED) is 0.111. The highest BCUT2D eigenvalue weighted by Crippen LogP contribution is 2.38. The summed E-state index contributed by atoms with van der Waals surface area (Å²) < 4.78 is 65.0. The predicted octanol–water partition coefficient (Wildman–Crippen LogP) is 12.3. The normalized spacial score (nSPS) is 18.8. The van der Waals surface area contributed by atoms with Gasteiger partial charge in [-0.2, -0.15) is 10.2 Å². The number of aromatic nitrogens is 8. The Balaban J connectivity index is 0.000000136. The molecule has 0 amide bonds. The van der Waals surface area contributed by atoms with E-state index in [2.05, 4.69) is 61.2 Å². The molecule has 0 aliphatic carbocycles. The first-order valence-corrected chi connectivity index (χ1v) is 27.3. The molecule has 13 rings (SSSR count). The fourth-order valence-electron chi connectivity index (χ4n) is 10.4. The van der Waals surface area contributed by atoms with Crippen LogP contribution in [0.2, 0.25) is 10.0 Å². The zero-order chi connectivity index (χ0) is 51.6. The number of H-pyrrole nitrogens is 1. The maximum atomic E-state index is 14.8. The highest BCUT2D eigenvalue weighted by atomic mass is 79.9. The molecule has 0 radical (unpaired) electrons. The Labute approximate surface area is 450 Å². The lowest BCUT2D eigenvalue weighted by molar-refractivity contribution is -0.0393. The Kier molecular flexibility index (Phi) is 15.7. The van der Waals surface area contributed by atoms with E-state index in [0.29, 0.717) is 52.1 Å². The van der Waals surface area contributed by atoms with E-state index in [1.54, 1.807) is 29.3 Å². The third kappa shape index (κ3) is 11.4. The summed E-state index contributed by atoms with van der Waals surface area (Å²) in [6.45, 7) is 10.2. The molecule has 2 N–H and O–H groups in total. The van der Waals surface area contributed by atoms with Gasteiger partial charge >= 0.3 is 0 Å². The molecule has 5 fully saturated rings. The van der Waals surface area contributed by atoms with Crippen molar-refractivity contribution in [2.24, 2.45) is 0 Å². The Morgan fingerprint density at radius 1 is 0.600 bits per heavy atom. The molecule has 11 heterocycles. The van der Waals surface area contributed by atoms with Gasteiger partial charge < -0.3 is 15.0 Å². The Bertz CT molecular complexity index is 3320. The van der Waals surface area contributed by atoms with Gasteiger partial charge in [-0.05, 0) is 136 Å². The van der Waals surface area contributed by atoms with Crippen LogP contribution in [0.4, 0.5) is 23.2 Å². The van der Waals surface area contributed by atoms with E-state index in [-0.39, 0.29) is 27.4 Å². The molecule has 1 atom stereocenters. The Morgan fingerprint density at radius 3 is 1.85 bits per heavy atom. The molecule has 0 bridgehead atoms. The summed E-state index contributed by atoms with van der Waals surface area (Å²) in [5, 5.41) is 14.5. The van der Waals surface area contributed by atoms with Gasteiger partial charge in [0, 0.05) is 96.1 Å². The number of ether oxygens (including phenoxy) is 1. The number of benzene rings is 2. The zero-order valence-corrected chi connectivity index (χ0v) is 44.2. The molecule has 75 heavy (non-hydrogen) atoms. The Hall–Kier alpha value is -5.60. The number of halogens is 7. The van der Waals surface area contributed by atoms with Gasteiger partial charge in [0.05, 0.1) is 67.3 Å². The van der Waals surface area contributed by atoms with Crippen LogP contribution in [0.15, 0.2) is 89.9 Å². The lowest BCUT2D eigenvalue weighted by Gasteiger charge is -2.47.